The third kappa shape index (κ3) is 5.59. The normalized spacial score (nSPS) is 11.1. The predicted molar refractivity (Wildman–Crippen MR) is 96.6 cm³/mol. The molecule has 0 saturated carbocycles. The molecule has 0 radical (unpaired) electrons. The molecular weight excluding hydrogens is 322 g/mol. The third-order valence-electron chi connectivity index (χ3n) is 3.39. The molecule has 0 unspecified atom stereocenters. The molecule has 0 amide bonds. The Morgan fingerprint density at radius 1 is 1.32 bits per heavy atom. The lowest BCUT2D eigenvalue weighted by Gasteiger charge is -2.12. The second-order valence-corrected chi connectivity index (χ2v) is 5.90. The highest BCUT2D eigenvalue weighted by molar-refractivity contribution is 5.81. The van der Waals surface area contributed by atoms with Gasteiger partial charge in [-0.2, -0.15) is 5.10 Å². The van der Waals surface area contributed by atoms with Crippen LogP contribution in [0.1, 0.15) is 31.5 Å². The average molecular weight is 345 g/mol. The summed E-state index contributed by atoms with van der Waals surface area (Å²) in [5, 5.41) is 11.5. The van der Waals surface area contributed by atoms with Gasteiger partial charge in [-0.25, -0.2) is 5.43 Å². The zero-order valence-corrected chi connectivity index (χ0v) is 14.9. The monoisotopic (exact) mass is 345 g/mol. The van der Waals surface area contributed by atoms with E-state index in [2.05, 4.69) is 39.6 Å². The number of aromatic nitrogens is 3. The summed E-state index contributed by atoms with van der Waals surface area (Å²) in [5.74, 6) is 2.09. The number of H-pyrrole nitrogens is 1. The molecule has 0 spiro atoms. The molecule has 0 bridgehead atoms. The Morgan fingerprint density at radius 2 is 2.12 bits per heavy atom. The molecule has 0 fully saturated rings. The summed E-state index contributed by atoms with van der Waals surface area (Å²) in [6.45, 7) is 6.52. The summed E-state index contributed by atoms with van der Waals surface area (Å²) in [6.07, 6.45) is 2.56. The van der Waals surface area contributed by atoms with Crippen LogP contribution in [0.2, 0.25) is 0 Å². The number of rotatable bonds is 8. The Balaban J connectivity index is 2.01. The smallest absolute Gasteiger partial charge is 0.274 e. The van der Waals surface area contributed by atoms with Crippen LogP contribution in [0.3, 0.4) is 0 Å². The number of anilines is 1. The Morgan fingerprint density at radius 3 is 2.80 bits per heavy atom. The first-order valence-electron chi connectivity index (χ1n) is 8.03. The molecule has 25 heavy (non-hydrogen) atoms. The molecule has 1 aromatic heterocycles. The van der Waals surface area contributed by atoms with Gasteiger partial charge in [-0.15, -0.1) is 10.2 Å². The summed E-state index contributed by atoms with van der Waals surface area (Å²) >= 11 is 0. The number of ether oxygens (including phenoxy) is 2. The van der Waals surface area contributed by atoms with Crippen LogP contribution in [-0.2, 0) is 0 Å². The molecule has 8 nitrogen and oxygen atoms in total. The van der Waals surface area contributed by atoms with Crippen LogP contribution in [0, 0.1) is 12.8 Å². The van der Waals surface area contributed by atoms with Crippen molar-refractivity contribution in [3.8, 4) is 11.5 Å². The largest absolute Gasteiger partial charge is 0.493 e. The van der Waals surface area contributed by atoms with Gasteiger partial charge < -0.3 is 9.47 Å². The zero-order chi connectivity index (χ0) is 18.2. The van der Waals surface area contributed by atoms with Crippen LogP contribution in [0.5, 0.6) is 11.5 Å². The van der Waals surface area contributed by atoms with Crippen LogP contribution >= 0.6 is 0 Å². The van der Waals surface area contributed by atoms with E-state index in [9.17, 15) is 4.79 Å². The minimum atomic E-state index is -0.308. The van der Waals surface area contributed by atoms with Crippen LogP contribution in [0.25, 0.3) is 0 Å². The van der Waals surface area contributed by atoms with E-state index in [1.165, 1.54) is 0 Å². The number of hydrogen-bond acceptors (Lipinski definition) is 7. The van der Waals surface area contributed by atoms with E-state index in [4.69, 9.17) is 9.47 Å². The highest BCUT2D eigenvalue weighted by Crippen LogP contribution is 2.27. The van der Waals surface area contributed by atoms with Gasteiger partial charge in [0.2, 0.25) is 5.95 Å². The molecule has 2 rings (SSSR count). The summed E-state index contributed by atoms with van der Waals surface area (Å²) < 4.78 is 11.1. The van der Waals surface area contributed by atoms with Crippen molar-refractivity contribution < 1.29 is 9.47 Å². The lowest BCUT2D eigenvalue weighted by molar-refractivity contribution is 0.273. The average Bonchev–Trinajstić information content (AvgIpc) is 2.58. The fourth-order valence-electron chi connectivity index (χ4n) is 1.90. The molecule has 2 aromatic rings. The van der Waals surface area contributed by atoms with Crippen molar-refractivity contribution in [1.29, 1.82) is 0 Å². The molecule has 0 aliphatic carbocycles. The second kappa shape index (κ2) is 8.81. The van der Waals surface area contributed by atoms with Gasteiger partial charge in [0.1, 0.15) is 5.69 Å². The van der Waals surface area contributed by atoms with Crippen molar-refractivity contribution in [3.63, 3.8) is 0 Å². The second-order valence-electron chi connectivity index (χ2n) is 5.90. The maximum atomic E-state index is 11.4. The maximum absolute atomic E-state index is 11.4. The number of aryl methyl sites for hydroxylation is 1. The summed E-state index contributed by atoms with van der Waals surface area (Å²) in [5.41, 5.74) is 3.43. The van der Waals surface area contributed by atoms with Gasteiger partial charge in [-0.1, -0.05) is 13.8 Å². The van der Waals surface area contributed by atoms with Crippen molar-refractivity contribution in [3.05, 3.63) is 39.8 Å². The number of nitrogens with one attached hydrogen (secondary N) is 2. The molecule has 0 aliphatic heterocycles. The van der Waals surface area contributed by atoms with Gasteiger partial charge in [0.25, 0.3) is 5.56 Å². The topological polar surface area (TPSA) is 101 Å². The lowest BCUT2D eigenvalue weighted by atomic mass is 10.1. The van der Waals surface area contributed by atoms with E-state index in [0.717, 1.165) is 12.0 Å². The molecule has 0 aliphatic rings. The van der Waals surface area contributed by atoms with Crippen LogP contribution < -0.4 is 20.5 Å². The zero-order valence-electron chi connectivity index (χ0n) is 14.9. The van der Waals surface area contributed by atoms with Crippen LogP contribution in [-0.4, -0.2) is 35.1 Å². The first-order valence-corrected chi connectivity index (χ1v) is 8.03. The van der Waals surface area contributed by atoms with Gasteiger partial charge in [0, 0.05) is 0 Å². The molecule has 1 heterocycles. The number of methoxy groups -OCH3 is 1. The highest BCUT2D eigenvalue weighted by Gasteiger charge is 2.06. The lowest BCUT2D eigenvalue weighted by Crippen LogP contribution is -2.15. The van der Waals surface area contributed by atoms with Crippen LogP contribution in [0.4, 0.5) is 5.95 Å². The van der Waals surface area contributed by atoms with E-state index in [0.29, 0.717) is 29.7 Å². The Kier molecular flexibility index (Phi) is 6.50. The summed E-state index contributed by atoms with van der Waals surface area (Å²) in [6, 6.07) is 5.52. The minimum absolute atomic E-state index is 0.174. The van der Waals surface area contributed by atoms with Crippen molar-refractivity contribution >= 4 is 12.2 Å². The number of hydrazone groups is 1. The van der Waals surface area contributed by atoms with E-state index in [1.807, 2.05) is 18.2 Å². The fourth-order valence-corrected chi connectivity index (χ4v) is 1.90. The Bertz CT molecular complexity index is 786. The molecule has 0 saturated heterocycles. The van der Waals surface area contributed by atoms with Gasteiger partial charge in [0.15, 0.2) is 11.5 Å². The predicted octanol–water partition coefficient (Wildman–Crippen LogP) is 2.35. The SMILES string of the molecule is COc1cc(/C=N/Nc2nnc(C)c(=O)[nH]2)ccc1OCCC(C)C. The van der Waals surface area contributed by atoms with E-state index < -0.39 is 0 Å². The van der Waals surface area contributed by atoms with Gasteiger partial charge >= 0.3 is 0 Å². The Labute approximate surface area is 146 Å². The van der Waals surface area contributed by atoms with Crippen LogP contribution in [0.15, 0.2) is 28.1 Å². The van der Waals surface area contributed by atoms with Crippen molar-refractivity contribution in [2.75, 3.05) is 19.1 Å². The number of benzene rings is 1. The van der Waals surface area contributed by atoms with Crippen molar-refractivity contribution in [2.45, 2.75) is 27.2 Å². The van der Waals surface area contributed by atoms with Gasteiger partial charge in [-0.3, -0.25) is 9.78 Å². The molecule has 2 N–H and O–H groups in total. The number of nitrogens with zero attached hydrogens (tertiary/aromatic N) is 3. The van der Waals surface area contributed by atoms with E-state index >= 15 is 0 Å². The molecule has 1 aromatic carbocycles. The highest BCUT2D eigenvalue weighted by atomic mass is 16.5. The summed E-state index contributed by atoms with van der Waals surface area (Å²) in [7, 11) is 1.59. The van der Waals surface area contributed by atoms with Gasteiger partial charge in [0.05, 0.1) is 19.9 Å². The quantitative estimate of drug-likeness (QED) is 0.562. The fraction of sp³-hybridized carbons (Fsp3) is 0.412. The number of hydrogen-bond donors (Lipinski definition) is 2. The molecule has 0 atom stereocenters. The minimum Gasteiger partial charge on any atom is -0.493 e. The third-order valence-corrected chi connectivity index (χ3v) is 3.39. The standard InChI is InChI=1S/C17H23N5O3/c1-11(2)7-8-25-14-6-5-13(9-15(14)24-4)10-18-21-17-19-16(23)12(3)20-22-17/h5-6,9-11H,7-8H2,1-4H3,(H2,19,21,22,23)/b18-10+. The molecule has 134 valence electrons. The van der Waals surface area contributed by atoms with Crippen molar-refractivity contribution in [1.82, 2.24) is 15.2 Å². The summed E-state index contributed by atoms with van der Waals surface area (Å²) in [4.78, 5) is 14.0. The van der Waals surface area contributed by atoms with Gasteiger partial charge in [-0.05, 0) is 43.0 Å². The maximum Gasteiger partial charge on any atom is 0.274 e. The molecule has 8 heteroatoms. The molecular formula is C17H23N5O3. The first kappa shape index (κ1) is 18.4. The van der Waals surface area contributed by atoms with E-state index in [1.54, 1.807) is 20.2 Å². The first-order chi connectivity index (χ1) is 12.0. The van der Waals surface area contributed by atoms with E-state index in [-0.39, 0.29) is 11.5 Å². The van der Waals surface area contributed by atoms with Crippen molar-refractivity contribution in [2.24, 2.45) is 11.0 Å². The number of aromatic amines is 1. The Hall–Kier alpha value is -2.90.